The van der Waals surface area contributed by atoms with E-state index in [1.807, 2.05) is 26.8 Å². The van der Waals surface area contributed by atoms with Crippen molar-refractivity contribution < 1.29 is 4.79 Å². The molecule has 0 saturated heterocycles. The Morgan fingerprint density at radius 3 is 2.62 bits per heavy atom. The van der Waals surface area contributed by atoms with Gasteiger partial charge in [-0.2, -0.15) is 5.10 Å². The third-order valence-electron chi connectivity index (χ3n) is 3.32. The van der Waals surface area contributed by atoms with Gasteiger partial charge in [-0.15, -0.1) is 0 Å². The Labute approximate surface area is 134 Å². The van der Waals surface area contributed by atoms with Crippen LogP contribution in [0.25, 0.3) is 0 Å². The number of aryl methyl sites for hydroxylation is 3. The van der Waals surface area contributed by atoms with Gasteiger partial charge in [-0.05, 0) is 38.5 Å². The van der Waals surface area contributed by atoms with Crippen molar-refractivity contribution in [2.45, 2.75) is 33.7 Å². The number of hydrogen-bond donors (Lipinski definition) is 1. The number of benzene rings is 1. The van der Waals surface area contributed by atoms with Crippen molar-refractivity contribution in [3.8, 4) is 0 Å². The third-order valence-corrected chi connectivity index (χ3v) is 4.10. The minimum atomic E-state index is -0.0796. The zero-order valence-corrected chi connectivity index (χ0v) is 13.7. The summed E-state index contributed by atoms with van der Waals surface area (Å²) in [6.07, 6.45) is 0.324. The van der Waals surface area contributed by atoms with Crippen molar-refractivity contribution in [2.75, 3.05) is 5.32 Å². The largest absolute Gasteiger partial charge is 0.326 e. The summed E-state index contributed by atoms with van der Waals surface area (Å²) in [5.41, 5.74) is 3.36. The van der Waals surface area contributed by atoms with Crippen molar-refractivity contribution in [2.24, 2.45) is 0 Å². The minimum Gasteiger partial charge on any atom is -0.326 e. The van der Waals surface area contributed by atoms with Gasteiger partial charge in [0, 0.05) is 17.1 Å². The van der Waals surface area contributed by atoms with Crippen LogP contribution < -0.4 is 5.32 Å². The molecule has 1 heterocycles. The predicted molar refractivity (Wildman–Crippen MR) is 86.1 cm³/mol. The molecule has 1 amide bonds. The van der Waals surface area contributed by atoms with Gasteiger partial charge in [0.1, 0.15) is 0 Å². The first kappa shape index (κ1) is 15.9. The summed E-state index contributed by atoms with van der Waals surface area (Å²) >= 11 is 12.0. The Balaban J connectivity index is 1.99. The van der Waals surface area contributed by atoms with Crippen LogP contribution in [0.5, 0.6) is 0 Å². The maximum Gasteiger partial charge on any atom is 0.226 e. The highest BCUT2D eigenvalue weighted by atomic mass is 35.5. The lowest BCUT2D eigenvalue weighted by molar-refractivity contribution is -0.116. The number of hydrogen-bond acceptors (Lipinski definition) is 2. The van der Waals surface area contributed by atoms with Crippen LogP contribution in [0, 0.1) is 20.8 Å². The molecule has 2 aromatic rings. The molecule has 0 aliphatic rings. The van der Waals surface area contributed by atoms with E-state index in [2.05, 4.69) is 10.4 Å². The molecule has 21 heavy (non-hydrogen) atoms. The lowest BCUT2D eigenvalue weighted by Crippen LogP contribution is -2.16. The summed E-state index contributed by atoms with van der Waals surface area (Å²) in [5.74, 6) is -0.0796. The molecule has 0 saturated carbocycles. The second-order valence-corrected chi connectivity index (χ2v) is 5.78. The van der Waals surface area contributed by atoms with E-state index in [0.717, 1.165) is 22.6 Å². The Kier molecular flexibility index (Phi) is 4.91. The number of rotatable bonds is 4. The molecule has 0 spiro atoms. The van der Waals surface area contributed by atoms with Crippen molar-refractivity contribution >= 4 is 34.8 Å². The van der Waals surface area contributed by atoms with Gasteiger partial charge in [-0.25, -0.2) is 0 Å². The quantitative estimate of drug-likeness (QED) is 0.918. The summed E-state index contributed by atoms with van der Waals surface area (Å²) < 4.78 is 1.75. The Morgan fingerprint density at radius 1 is 1.29 bits per heavy atom. The van der Waals surface area contributed by atoms with Crippen LogP contribution in [-0.2, 0) is 11.3 Å². The SMILES string of the molecule is Cc1ccc(Cl)cc1NC(=O)CCn1nc(C)c(Cl)c1C. The molecule has 6 heteroatoms. The number of carbonyl (C=O) groups is 1. The van der Waals surface area contributed by atoms with Crippen molar-refractivity contribution in [1.82, 2.24) is 9.78 Å². The van der Waals surface area contributed by atoms with Gasteiger partial charge in [0.15, 0.2) is 0 Å². The van der Waals surface area contributed by atoms with E-state index in [4.69, 9.17) is 23.2 Å². The Hall–Kier alpha value is -1.52. The second-order valence-electron chi connectivity index (χ2n) is 4.97. The van der Waals surface area contributed by atoms with Gasteiger partial charge in [-0.3, -0.25) is 9.48 Å². The van der Waals surface area contributed by atoms with Gasteiger partial charge >= 0.3 is 0 Å². The number of aromatic nitrogens is 2. The maximum absolute atomic E-state index is 12.0. The molecule has 0 atom stereocenters. The van der Waals surface area contributed by atoms with Crippen LogP contribution in [0.1, 0.15) is 23.4 Å². The van der Waals surface area contributed by atoms with Gasteiger partial charge in [-0.1, -0.05) is 29.3 Å². The highest BCUT2D eigenvalue weighted by molar-refractivity contribution is 6.31. The first-order chi connectivity index (χ1) is 9.88. The molecule has 0 radical (unpaired) electrons. The lowest BCUT2D eigenvalue weighted by atomic mass is 10.2. The number of nitrogens with zero attached hydrogens (tertiary/aromatic N) is 2. The predicted octanol–water partition coefficient (Wildman–Crippen LogP) is 4.14. The molecule has 2 rings (SSSR count). The molecule has 1 N–H and O–H groups in total. The number of nitrogens with one attached hydrogen (secondary N) is 1. The average molecular weight is 326 g/mol. The summed E-state index contributed by atoms with van der Waals surface area (Å²) in [5, 5.41) is 8.42. The topological polar surface area (TPSA) is 46.9 Å². The summed E-state index contributed by atoms with van der Waals surface area (Å²) in [4.78, 5) is 12.0. The van der Waals surface area contributed by atoms with Gasteiger partial charge < -0.3 is 5.32 Å². The van der Waals surface area contributed by atoms with E-state index in [1.165, 1.54) is 0 Å². The van der Waals surface area contributed by atoms with Crippen LogP contribution in [0.3, 0.4) is 0 Å². The van der Waals surface area contributed by atoms with E-state index < -0.39 is 0 Å². The molecule has 1 aromatic carbocycles. The van der Waals surface area contributed by atoms with Crippen LogP contribution in [-0.4, -0.2) is 15.7 Å². The van der Waals surface area contributed by atoms with E-state index in [-0.39, 0.29) is 5.91 Å². The first-order valence-corrected chi connectivity index (χ1v) is 7.39. The molecule has 1 aromatic heterocycles. The fourth-order valence-electron chi connectivity index (χ4n) is 2.04. The van der Waals surface area contributed by atoms with Crippen molar-refractivity contribution in [1.29, 1.82) is 0 Å². The summed E-state index contributed by atoms with van der Waals surface area (Å²) in [6, 6.07) is 5.41. The van der Waals surface area contributed by atoms with Crippen molar-refractivity contribution in [3.05, 3.63) is 45.2 Å². The lowest BCUT2D eigenvalue weighted by Gasteiger charge is -2.09. The number of amides is 1. The van der Waals surface area contributed by atoms with E-state index in [9.17, 15) is 4.79 Å². The molecule has 0 bridgehead atoms. The van der Waals surface area contributed by atoms with Crippen LogP contribution in [0.4, 0.5) is 5.69 Å². The van der Waals surface area contributed by atoms with Gasteiger partial charge in [0.05, 0.1) is 23.0 Å². The summed E-state index contributed by atoms with van der Waals surface area (Å²) in [7, 11) is 0. The van der Waals surface area contributed by atoms with Crippen molar-refractivity contribution in [3.63, 3.8) is 0 Å². The standard InChI is InChI=1S/C15H17Cl2N3O/c1-9-4-5-12(16)8-13(9)18-14(21)6-7-20-11(3)15(17)10(2)19-20/h4-5,8H,6-7H2,1-3H3,(H,18,21). The fraction of sp³-hybridized carbons (Fsp3) is 0.333. The zero-order chi connectivity index (χ0) is 15.6. The van der Waals surface area contributed by atoms with E-state index in [1.54, 1.807) is 16.8 Å². The van der Waals surface area contributed by atoms with Gasteiger partial charge in [0.25, 0.3) is 0 Å². The number of carbonyl (C=O) groups excluding carboxylic acids is 1. The number of anilines is 1. The molecule has 112 valence electrons. The Morgan fingerprint density at radius 2 is 2.00 bits per heavy atom. The normalized spacial score (nSPS) is 10.7. The van der Waals surface area contributed by atoms with Gasteiger partial charge in [0.2, 0.25) is 5.91 Å². The number of halogens is 2. The fourth-order valence-corrected chi connectivity index (χ4v) is 2.35. The monoisotopic (exact) mass is 325 g/mol. The first-order valence-electron chi connectivity index (χ1n) is 6.64. The molecule has 0 fully saturated rings. The smallest absolute Gasteiger partial charge is 0.226 e. The molecule has 0 aliphatic heterocycles. The van der Waals surface area contributed by atoms with E-state index >= 15 is 0 Å². The van der Waals surface area contributed by atoms with E-state index in [0.29, 0.717) is 23.0 Å². The highest BCUT2D eigenvalue weighted by Crippen LogP contribution is 2.21. The summed E-state index contributed by atoms with van der Waals surface area (Å²) in [6.45, 7) is 6.15. The van der Waals surface area contributed by atoms with Crippen LogP contribution >= 0.6 is 23.2 Å². The second kappa shape index (κ2) is 6.50. The average Bonchev–Trinajstić information content (AvgIpc) is 2.68. The van der Waals surface area contributed by atoms with Crippen LogP contribution in [0.15, 0.2) is 18.2 Å². The molecule has 0 aliphatic carbocycles. The Bertz CT molecular complexity index is 680. The minimum absolute atomic E-state index is 0.0796. The molecular weight excluding hydrogens is 309 g/mol. The zero-order valence-electron chi connectivity index (χ0n) is 12.2. The maximum atomic E-state index is 12.0. The molecular formula is C15H17Cl2N3O. The highest BCUT2D eigenvalue weighted by Gasteiger charge is 2.11. The molecule has 0 unspecified atom stereocenters. The van der Waals surface area contributed by atoms with Crippen LogP contribution in [0.2, 0.25) is 10.0 Å². The molecule has 4 nitrogen and oxygen atoms in total. The third kappa shape index (κ3) is 3.77.